The Hall–Kier alpha value is -1.61. The summed E-state index contributed by atoms with van der Waals surface area (Å²) in [4.78, 5) is 8.51. The second-order valence-electron chi connectivity index (χ2n) is 8.22. The van der Waals surface area contributed by atoms with Crippen LogP contribution in [-0.2, 0) is 0 Å². The molecule has 3 N–H and O–H groups in total. The number of H-pyrrole nitrogens is 1. The molecule has 0 aliphatic heterocycles. The summed E-state index contributed by atoms with van der Waals surface area (Å²) in [5.41, 5.74) is 9.30. The third-order valence-electron chi connectivity index (χ3n) is 6.50. The SMILES string of the molecule is NC1([C@@H](c2ncc(-c3ccccc3)[nH]2)C2CCCCC2)CCCCC1. The predicted molar refractivity (Wildman–Crippen MR) is 103 cm³/mol. The predicted octanol–water partition coefficient (Wildman–Crippen LogP) is 5.40. The van der Waals surface area contributed by atoms with Gasteiger partial charge in [0.25, 0.3) is 0 Å². The minimum atomic E-state index is -0.0773. The van der Waals surface area contributed by atoms with Gasteiger partial charge in [0.1, 0.15) is 5.82 Å². The maximum Gasteiger partial charge on any atom is 0.111 e. The molecule has 3 nitrogen and oxygen atoms in total. The Morgan fingerprint density at radius 2 is 1.64 bits per heavy atom. The van der Waals surface area contributed by atoms with Gasteiger partial charge >= 0.3 is 0 Å². The standard InChI is InChI=1S/C22H31N3/c23-22(14-8-3-9-15-22)20(18-12-6-2-7-13-18)21-24-16-19(25-21)17-10-4-1-5-11-17/h1,4-5,10-11,16,18,20H,2-3,6-9,12-15,23H2,(H,24,25)/t20-/m1/s1. The van der Waals surface area contributed by atoms with Crippen LogP contribution in [0, 0.1) is 5.92 Å². The monoisotopic (exact) mass is 337 g/mol. The van der Waals surface area contributed by atoms with E-state index in [1.807, 2.05) is 6.20 Å². The molecule has 1 aromatic carbocycles. The molecule has 134 valence electrons. The van der Waals surface area contributed by atoms with Crippen LogP contribution in [0.2, 0.25) is 0 Å². The van der Waals surface area contributed by atoms with Crippen molar-refractivity contribution in [3.8, 4) is 11.3 Å². The van der Waals surface area contributed by atoms with Crippen LogP contribution in [0.5, 0.6) is 0 Å². The second-order valence-corrected chi connectivity index (χ2v) is 8.22. The van der Waals surface area contributed by atoms with E-state index in [9.17, 15) is 0 Å². The van der Waals surface area contributed by atoms with Crippen molar-refractivity contribution in [1.29, 1.82) is 0 Å². The summed E-state index contributed by atoms with van der Waals surface area (Å²) < 4.78 is 0. The molecule has 2 aromatic rings. The topological polar surface area (TPSA) is 54.7 Å². The molecule has 2 fully saturated rings. The first-order chi connectivity index (χ1) is 12.3. The van der Waals surface area contributed by atoms with Crippen molar-refractivity contribution in [2.75, 3.05) is 0 Å². The van der Waals surface area contributed by atoms with Crippen LogP contribution < -0.4 is 5.73 Å². The molecule has 1 aromatic heterocycles. The number of rotatable bonds is 4. The third kappa shape index (κ3) is 3.52. The van der Waals surface area contributed by atoms with Gasteiger partial charge in [0.05, 0.1) is 11.9 Å². The fourth-order valence-electron chi connectivity index (χ4n) is 5.21. The van der Waals surface area contributed by atoms with Crippen molar-refractivity contribution >= 4 is 0 Å². The Bertz CT molecular complexity index is 664. The number of benzene rings is 1. The van der Waals surface area contributed by atoms with E-state index in [-0.39, 0.29) is 5.54 Å². The highest BCUT2D eigenvalue weighted by atomic mass is 15.0. The molecular formula is C22H31N3. The average molecular weight is 338 g/mol. The number of aromatic amines is 1. The van der Waals surface area contributed by atoms with Gasteiger partial charge in [-0.1, -0.05) is 68.9 Å². The van der Waals surface area contributed by atoms with Crippen molar-refractivity contribution in [3.05, 3.63) is 42.4 Å². The van der Waals surface area contributed by atoms with Gasteiger partial charge in [-0.15, -0.1) is 0 Å². The molecule has 0 radical (unpaired) electrons. The summed E-state index contributed by atoms with van der Waals surface area (Å²) >= 11 is 0. The fraction of sp³-hybridized carbons (Fsp3) is 0.591. The molecule has 2 saturated carbocycles. The average Bonchev–Trinajstić information content (AvgIpc) is 3.13. The Morgan fingerprint density at radius 3 is 2.36 bits per heavy atom. The summed E-state index contributed by atoms with van der Waals surface area (Å²) in [6.07, 6.45) is 14.9. The number of aromatic nitrogens is 2. The van der Waals surface area contributed by atoms with E-state index in [1.165, 1.54) is 56.9 Å². The molecule has 25 heavy (non-hydrogen) atoms. The number of hydrogen-bond donors (Lipinski definition) is 2. The molecule has 0 saturated heterocycles. The molecular weight excluding hydrogens is 306 g/mol. The van der Waals surface area contributed by atoms with E-state index < -0.39 is 0 Å². The fourth-order valence-corrected chi connectivity index (χ4v) is 5.21. The quantitative estimate of drug-likeness (QED) is 0.784. The van der Waals surface area contributed by atoms with Crippen LogP contribution in [0.4, 0.5) is 0 Å². The minimum Gasteiger partial charge on any atom is -0.342 e. The second kappa shape index (κ2) is 7.33. The molecule has 4 rings (SSSR count). The molecule has 0 bridgehead atoms. The van der Waals surface area contributed by atoms with Crippen molar-refractivity contribution in [1.82, 2.24) is 9.97 Å². The van der Waals surface area contributed by atoms with E-state index in [0.29, 0.717) is 11.8 Å². The maximum absolute atomic E-state index is 7.05. The highest BCUT2D eigenvalue weighted by molar-refractivity contribution is 5.58. The smallest absolute Gasteiger partial charge is 0.111 e. The number of imidazole rings is 1. The highest BCUT2D eigenvalue weighted by Gasteiger charge is 2.43. The van der Waals surface area contributed by atoms with Crippen molar-refractivity contribution < 1.29 is 0 Å². The van der Waals surface area contributed by atoms with E-state index in [4.69, 9.17) is 10.7 Å². The lowest BCUT2D eigenvalue weighted by molar-refractivity contribution is 0.162. The molecule has 2 aliphatic rings. The summed E-state index contributed by atoms with van der Waals surface area (Å²) in [6.45, 7) is 0. The lowest BCUT2D eigenvalue weighted by Crippen LogP contribution is -2.50. The normalized spacial score (nSPS) is 22.6. The molecule has 2 aliphatic carbocycles. The van der Waals surface area contributed by atoms with Crippen molar-refractivity contribution in [3.63, 3.8) is 0 Å². The van der Waals surface area contributed by atoms with Gasteiger partial charge < -0.3 is 10.7 Å². The van der Waals surface area contributed by atoms with Gasteiger partial charge in [-0.3, -0.25) is 0 Å². The summed E-state index contributed by atoms with van der Waals surface area (Å²) in [6, 6.07) is 10.5. The number of nitrogens with zero attached hydrogens (tertiary/aromatic N) is 1. The first-order valence-electron chi connectivity index (χ1n) is 10.2. The Labute approximate surface area is 151 Å². The Kier molecular flexibility index (Phi) is 4.93. The van der Waals surface area contributed by atoms with Crippen molar-refractivity contribution in [2.45, 2.75) is 75.7 Å². The number of hydrogen-bond acceptors (Lipinski definition) is 2. The minimum absolute atomic E-state index is 0.0773. The lowest BCUT2D eigenvalue weighted by atomic mass is 9.65. The zero-order valence-corrected chi connectivity index (χ0v) is 15.2. The van der Waals surface area contributed by atoms with Crippen LogP contribution in [0.1, 0.15) is 76.0 Å². The maximum atomic E-state index is 7.05. The number of nitrogens with one attached hydrogen (secondary N) is 1. The van der Waals surface area contributed by atoms with Gasteiger partial charge in [-0.2, -0.15) is 0 Å². The molecule has 1 atom stereocenters. The van der Waals surface area contributed by atoms with Gasteiger partial charge in [-0.05, 0) is 37.2 Å². The molecule has 0 amide bonds. The third-order valence-corrected chi connectivity index (χ3v) is 6.50. The highest BCUT2D eigenvalue weighted by Crippen LogP contribution is 2.46. The van der Waals surface area contributed by atoms with Crippen LogP contribution >= 0.6 is 0 Å². The van der Waals surface area contributed by atoms with E-state index in [2.05, 4.69) is 35.3 Å². The summed E-state index contributed by atoms with van der Waals surface area (Å²) in [5.74, 6) is 2.20. The zero-order valence-electron chi connectivity index (χ0n) is 15.2. The molecule has 0 spiro atoms. The van der Waals surface area contributed by atoms with Gasteiger partial charge in [0, 0.05) is 11.5 Å². The van der Waals surface area contributed by atoms with Crippen LogP contribution in [0.15, 0.2) is 36.5 Å². The first-order valence-corrected chi connectivity index (χ1v) is 10.2. The number of nitrogens with two attached hydrogens (primary N) is 1. The van der Waals surface area contributed by atoms with Gasteiger partial charge in [0.15, 0.2) is 0 Å². The Morgan fingerprint density at radius 1 is 0.960 bits per heavy atom. The molecule has 0 unspecified atom stereocenters. The van der Waals surface area contributed by atoms with E-state index in [1.54, 1.807) is 0 Å². The molecule has 3 heteroatoms. The largest absolute Gasteiger partial charge is 0.342 e. The van der Waals surface area contributed by atoms with Gasteiger partial charge in [-0.25, -0.2) is 4.98 Å². The van der Waals surface area contributed by atoms with Crippen LogP contribution in [0.25, 0.3) is 11.3 Å². The van der Waals surface area contributed by atoms with Crippen LogP contribution in [-0.4, -0.2) is 15.5 Å². The van der Waals surface area contributed by atoms with Gasteiger partial charge in [0.2, 0.25) is 0 Å². The van der Waals surface area contributed by atoms with E-state index >= 15 is 0 Å². The van der Waals surface area contributed by atoms with E-state index in [0.717, 1.165) is 24.4 Å². The van der Waals surface area contributed by atoms with Crippen molar-refractivity contribution in [2.24, 2.45) is 11.7 Å². The lowest BCUT2D eigenvalue weighted by Gasteiger charge is -2.44. The summed E-state index contributed by atoms with van der Waals surface area (Å²) in [5, 5.41) is 0. The first kappa shape index (κ1) is 16.8. The zero-order chi connectivity index (χ0) is 17.1. The molecule has 1 heterocycles. The Balaban J connectivity index is 1.67. The summed E-state index contributed by atoms with van der Waals surface area (Å²) in [7, 11) is 0. The van der Waals surface area contributed by atoms with Crippen LogP contribution in [0.3, 0.4) is 0 Å².